The van der Waals surface area contributed by atoms with Gasteiger partial charge in [0.1, 0.15) is 0 Å². The lowest BCUT2D eigenvalue weighted by Gasteiger charge is -2.23. The van der Waals surface area contributed by atoms with E-state index in [0.29, 0.717) is 19.6 Å². The summed E-state index contributed by atoms with van der Waals surface area (Å²) in [6.45, 7) is 6.98. The average Bonchev–Trinajstić information content (AvgIpc) is 2.91. The van der Waals surface area contributed by atoms with Gasteiger partial charge in [-0.05, 0) is 27.2 Å². The minimum atomic E-state index is -3.04. The van der Waals surface area contributed by atoms with Gasteiger partial charge in [-0.15, -0.1) is 0 Å². The predicted octanol–water partition coefficient (Wildman–Crippen LogP) is 0.932. The van der Waals surface area contributed by atoms with E-state index in [-0.39, 0.29) is 23.2 Å². The van der Waals surface area contributed by atoms with E-state index in [2.05, 4.69) is 10.3 Å². The summed E-state index contributed by atoms with van der Waals surface area (Å²) in [5.41, 5.74) is 1.33. The molecule has 1 aromatic rings. The van der Waals surface area contributed by atoms with Gasteiger partial charge in [0.2, 0.25) is 5.91 Å². The van der Waals surface area contributed by atoms with E-state index in [4.69, 9.17) is 4.74 Å². The highest BCUT2D eigenvalue weighted by Crippen LogP contribution is 2.24. The molecule has 1 aliphatic heterocycles. The molecule has 0 radical (unpaired) electrons. The normalized spacial score (nSPS) is 22.7. The highest BCUT2D eigenvalue weighted by Gasteiger charge is 2.39. The lowest BCUT2D eigenvalue weighted by molar-refractivity contribution is -0.120. The van der Waals surface area contributed by atoms with Crippen LogP contribution >= 0.6 is 11.8 Å². The Labute approximate surface area is 147 Å². The van der Waals surface area contributed by atoms with Gasteiger partial charge in [0.15, 0.2) is 15.0 Å². The number of rotatable bonds is 7. The van der Waals surface area contributed by atoms with Crippen LogP contribution in [0, 0.1) is 13.8 Å². The quantitative estimate of drug-likeness (QED) is 0.713. The number of aromatic nitrogens is 2. The summed E-state index contributed by atoms with van der Waals surface area (Å²) < 4.78 is 30.4. The molecule has 0 bridgehead atoms. The molecule has 1 amide bonds. The Morgan fingerprint density at radius 1 is 1.46 bits per heavy atom. The molecule has 1 fully saturated rings. The first kappa shape index (κ1) is 19.3. The average molecular weight is 376 g/mol. The third kappa shape index (κ3) is 4.73. The molecule has 2 heterocycles. The second kappa shape index (κ2) is 7.45. The van der Waals surface area contributed by atoms with Gasteiger partial charge < -0.3 is 14.6 Å². The number of nitrogens with one attached hydrogen (secondary N) is 1. The molecule has 0 aromatic carbocycles. The first-order chi connectivity index (χ1) is 11.2. The third-order valence-corrected chi connectivity index (χ3v) is 7.10. The van der Waals surface area contributed by atoms with Crippen molar-refractivity contribution in [1.29, 1.82) is 0 Å². The molecule has 7 nitrogen and oxygen atoms in total. The molecule has 136 valence electrons. The summed E-state index contributed by atoms with van der Waals surface area (Å²) in [5, 5.41) is 3.64. The zero-order valence-electron chi connectivity index (χ0n) is 14.6. The summed E-state index contributed by atoms with van der Waals surface area (Å²) in [6.07, 6.45) is 0.465. The number of amides is 1. The van der Waals surface area contributed by atoms with Crippen molar-refractivity contribution in [2.24, 2.45) is 0 Å². The van der Waals surface area contributed by atoms with Gasteiger partial charge in [0, 0.05) is 19.3 Å². The van der Waals surface area contributed by atoms with E-state index in [9.17, 15) is 13.2 Å². The third-order valence-electron chi connectivity index (χ3n) is 4.22. The maximum Gasteiger partial charge on any atom is 0.230 e. The fraction of sp³-hybridized carbons (Fsp3) is 0.733. The van der Waals surface area contributed by atoms with E-state index in [1.165, 1.54) is 11.8 Å². The van der Waals surface area contributed by atoms with Crippen molar-refractivity contribution in [2.75, 3.05) is 31.0 Å². The summed E-state index contributed by atoms with van der Waals surface area (Å²) in [7, 11) is -1.39. The molecule has 0 aliphatic carbocycles. The van der Waals surface area contributed by atoms with Crippen LogP contribution in [0.4, 0.5) is 0 Å². The van der Waals surface area contributed by atoms with Crippen LogP contribution in [-0.2, 0) is 25.9 Å². The van der Waals surface area contributed by atoms with Crippen molar-refractivity contribution in [2.45, 2.75) is 44.4 Å². The zero-order chi connectivity index (χ0) is 18.0. The van der Waals surface area contributed by atoms with E-state index in [0.717, 1.165) is 16.5 Å². The highest BCUT2D eigenvalue weighted by atomic mass is 32.2. The van der Waals surface area contributed by atoms with Crippen molar-refractivity contribution < 1.29 is 17.9 Å². The summed E-state index contributed by atoms with van der Waals surface area (Å²) in [6, 6.07) is 0. The number of carbonyl (C=O) groups is 1. The number of thioether (sulfide) groups is 1. The fourth-order valence-corrected chi connectivity index (χ4v) is 5.80. The number of aryl methyl sites for hydroxylation is 1. The Hall–Kier alpha value is -1.06. The molecule has 1 atom stereocenters. The predicted molar refractivity (Wildman–Crippen MR) is 94.1 cm³/mol. The number of methoxy groups -OCH3 is 1. The van der Waals surface area contributed by atoms with Crippen LogP contribution in [0.1, 0.15) is 24.7 Å². The van der Waals surface area contributed by atoms with Crippen LogP contribution < -0.4 is 5.32 Å². The monoisotopic (exact) mass is 375 g/mol. The second-order valence-corrected chi connectivity index (χ2v) is 9.58. The molecule has 0 spiro atoms. The standard InChI is InChI=1S/C15H25N3O4S2/c1-11-12(2)18(6-7-22-4)14(16-11)23-9-13(19)17-15(3)5-8-24(20,21)10-15/h5-10H2,1-4H3,(H,17,19)/t15-/m1/s1. The van der Waals surface area contributed by atoms with E-state index < -0.39 is 15.4 Å². The lowest BCUT2D eigenvalue weighted by Crippen LogP contribution is -2.47. The van der Waals surface area contributed by atoms with Crippen molar-refractivity contribution in [1.82, 2.24) is 14.9 Å². The summed E-state index contributed by atoms with van der Waals surface area (Å²) >= 11 is 1.36. The number of ether oxygens (including phenoxy) is 1. The largest absolute Gasteiger partial charge is 0.383 e. The van der Waals surface area contributed by atoms with Crippen LogP contribution in [0.15, 0.2) is 5.16 Å². The second-order valence-electron chi connectivity index (χ2n) is 6.45. The first-order valence-corrected chi connectivity index (χ1v) is 10.6. The van der Waals surface area contributed by atoms with Gasteiger partial charge in [-0.25, -0.2) is 13.4 Å². The SMILES string of the molecule is COCCn1c(SCC(=O)N[C@]2(C)CCS(=O)(=O)C2)nc(C)c1C. The van der Waals surface area contributed by atoms with Gasteiger partial charge in [-0.3, -0.25) is 4.79 Å². The van der Waals surface area contributed by atoms with Gasteiger partial charge >= 0.3 is 0 Å². The molecule has 1 aliphatic rings. The molecule has 0 unspecified atom stereocenters. The fourth-order valence-electron chi connectivity index (χ4n) is 2.79. The zero-order valence-corrected chi connectivity index (χ0v) is 16.2. The van der Waals surface area contributed by atoms with Crippen LogP contribution in [-0.4, -0.2) is 60.4 Å². The highest BCUT2D eigenvalue weighted by molar-refractivity contribution is 7.99. The molecule has 0 saturated carbocycles. The van der Waals surface area contributed by atoms with Crippen molar-refractivity contribution >= 4 is 27.5 Å². The number of nitrogens with zero attached hydrogens (tertiary/aromatic N) is 2. The van der Waals surface area contributed by atoms with Crippen LogP contribution in [0.25, 0.3) is 0 Å². The molecule has 1 aromatic heterocycles. The molecular formula is C15H25N3O4S2. The first-order valence-electron chi connectivity index (χ1n) is 7.83. The Morgan fingerprint density at radius 3 is 2.75 bits per heavy atom. The lowest BCUT2D eigenvalue weighted by atomic mass is 10.0. The number of hydrogen-bond donors (Lipinski definition) is 1. The smallest absolute Gasteiger partial charge is 0.230 e. The van der Waals surface area contributed by atoms with Gasteiger partial charge in [0.05, 0.1) is 35.1 Å². The maximum atomic E-state index is 12.2. The van der Waals surface area contributed by atoms with Crippen molar-refractivity contribution in [3.8, 4) is 0 Å². The number of sulfone groups is 1. The van der Waals surface area contributed by atoms with E-state index in [1.54, 1.807) is 14.0 Å². The molecule has 9 heteroatoms. The van der Waals surface area contributed by atoms with Crippen LogP contribution in [0.5, 0.6) is 0 Å². The number of carbonyl (C=O) groups excluding carboxylic acids is 1. The maximum absolute atomic E-state index is 12.2. The molecule has 2 rings (SSSR count). The Morgan fingerprint density at radius 2 is 2.17 bits per heavy atom. The minimum Gasteiger partial charge on any atom is -0.383 e. The summed E-state index contributed by atoms with van der Waals surface area (Å²) in [5.74, 6) is 0.183. The van der Waals surface area contributed by atoms with Crippen molar-refractivity contribution in [3.05, 3.63) is 11.4 Å². The minimum absolute atomic E-state index is 0.0110. The van der Waals surface area contributed by atoms with Crippen LogP contribution in [0.3, 0.4) is 0 Å². The molecule has 1 saturated heterocycles. The summed E-state index contributed by atoms with van der Waals surface area (Å²) in [4.78, 5) is 16.7. The number of hydrogen-bond acceptors (Lipinski definition) is 6. The van der Waals surface area contributed by atoms with Crippen molar-refractivity contribution in [3.63, 3.8) is 0 Å². The van der Waals surface area contributed by atoms with Gasteiger partial charge in [0.25, 0.3) is 0 Å². The van der Waals surface area contributed by atoms with Gasteiger partial charge in [-0.1, -0.05) is 11.8 Å². The van der Waals surface area contributed by atoms with E-state index in [1.807, 2.05) is 18.4 Å². The Kier molecular flexibility index (Phi) is 5.98. The molecule has 24 heavy (non-hydrogen) atoms. The van der Waals surface area contributed by atoms with Gasteiger partial charge in [-0.2, -0.15) is 0 Å². The number of imidazole rings is 1. The Balaban J connectivity index is 1.96. The topological polar surface area (TPSA) is 90.3 Å². The van der Waals surface area contributed by atoms with E-state index >= 15 is 0 Å². The molecular weight excluding hydrogens is 350 g/mol. The van der Waals surface area contributed by atoms with Crippen LogP contribution in [0.2, 0.25) is 0 Å². The molecule has 1 N–H and O–H groups in total. The Bertz CT molecular complexity index is 715.